The average Bonchev–Trinajstić information content (AvgIpc) is 3.16. The van der Waals surface area contributed by atoms with Crippen molar-refractivity contribution >= 4 is 12.0 Å². The number of halogens is 3. The summed E-state index contributed by atoms with van der Waals surface area (Å²) in [6.45, 7) is 1.47. The van der Waals surface area contributed by atoms with Gasteiger partial charge < -0.3 is 20.8 Å². The number of aliphatic hydroxyl groups is 1. The second kappa shape index (κ2) is 6.87. The Bertz CT molecular complexity index is 989. The van der Waals surface area contributed by atoms with Crippen LogP contribution in [0.5, 0.6) is 5.75 Å². The molecule has 6 nitrogen and oxygen atoms in total. The number of phenols is 1. The molecular weight excluding hydrogens is 399 g/mol. The van der Waals surface area contributed by atoms with Crippen molar-refractivity contribution in [2.24, 2.45) is 5.16 Å². The Morgan fingerprint density at radius 3 is 2.43 bits per heavy atom. The van der Waals surface area contributed by atoms with Gasteiger partial charge in [0, 0.05) is 17.5 Å². The molecule has 0 spiro atoms. The van der Waals surface area contributed by atoms with Crippen LogP contribution in [-0.2, 0) is 11.0 Å². The molecule has 2 aromatic rings. The van der Waals surface area contributed by atoms with Gasteiger partial charge in [-0.25, -0.2) is 4.98 Å². The lowest BCUT2D eigenvalue weighted by atomic mass is 9.95. The molecule has 2 fully saturated rings. The minimum Gasteiger partial charge on any atom is -0.507 e. The summed E-state index contributed by atoms with van der Waals surface area (Å²) in [5.41, 5.74) is 5.13. The van der Waals surface area contributed by atoms with E-state index in [0.717, 1.165) is 18.9 Å². The second-order valence-corrected chi connectivity index (χ2v) is 8.27. The normalized spacial score (nSPS) is 25.9. The van der Waals surface area contributed by atoms with E-state index < -0.39 is 28.7 Å². The smallest absolute Gasteiger partial charge is 0.416 e. The number of hydrogen-bond donors (Lipinski definition) is 3. The number of fused-ring (bicyclic) bond motifs is 2. The fraction of sp³-hybridized carbons (Fsp3) is 0.429. The monoisotopic (exact) mass is 421 g/mol. The number of aromatic nitrogens is 1. The Hall–Kier alpha value is -2.81. The SMILES string of the molecule is Cc1cc(C(F)(F)F)cc(O)c1-c1ccc(/C=N/OC23CCC(O)(CC2)C3)c(N)n1. The Labute approximate surface area is 171 Å². The van der Waals surface area contributed by atoms with Crippen molar-refractivity contribution in [3.05, 3.63) is 41.0 Å². The van der Waals surface area contributed by atoms with Gasteiger partial charge in [-0.15, -0.1) is 0 Å². The lowest BCUT2D eigenvalue weighted by Gasteiger charge is -2.23. The molecule has 1 aromatic heterocycles. The first kappa shape index (κ1) is 20.5. The molecule has 2 aliphatic rings. The third-order valence-electron chi connectivity index (χ3n) is 6.04. The number of nitrogen functional groups attached to an aromatic ring is 1. The predicted molar refractivity (Wildman–Crippen MR) is 105 cm³/mol. The van der Waals surface area contributed by atoms with Gasteiger partial charge in [0.05, 0.1) is 23.1 Å². The van der Waals surface area contributed by atoms with Crippen LogP contribution in [-0.4, -0.2) is 32.6 Å². The van der Waals surface area contributed by atoms with Gasteiger partial charge in [0.15, 0.2) is 0 Å². The van der Waals surface area contributed by atoms with Crippen LogP contribution in [0.2, 0.25) is 0 Å². The Balaban J connectivity index is 1.54. The summed E-state index contributed by atoms with van der Waals surface area (Å²) in [5, 5.41) is 24.4. The number of aryl methyl sites for hydroxylation is 1. The van der Waals surface area contributed by atoms with Crippen LogP contribution in [0.25, 0.3) is 11.3 Å². The van der Waals surface area contributed by atoms with Crippen molar-refractivity contribution in [1.82, 2.24) is 4.98 Å². The van der Waals surface area contributed by atoms with E-state index in [9.17, 15) is 23.4 Å². The fourth-order valence-electron chi connectivity index (χ4n) is 4.44. The highest BCUT2D eigenvalue weighted by Crippen LogP contribution is 2.52. The largest absolute Gasteiger partial charge is 0.507 e. The first-order valence-corrected chi connectivity index (χ1v) is 9.62. The van der Waals surface area contributed by atoms with E-state index in [1.807, 2.05) is 0 Å². The van der Waals surface area contributed by atoms with Crippen LogP contribution in [0.15, 0.2) is 29.4 Å². The molecule has 2 bridgehead atoms. The van der Waals surface area contributed by atoms with Gasteiger partial charge >= 0.3 is 6.18 Å². The van der Waals surface area contributed by atoms with Crippen molar-refractivity contribution < 1.29 is 28.2 Å². The maximum Gasteiger partial charge on any atom is 0.416 e. The summed E-state index contributed by atoms with van der Waals surface area (Å²) in [4.78, 5) is 9.90. The van der Waals surface area contributed by atoms with Gasteiger partial charge in [0.2, 0.25) is 0 Å². The van der Waals surface area contributed by atoms with E-state index in [1.165, 1.54) is 13.1 Å². The minimum absolute atomic E-state index is 0.102. The number of phenolic OH excluding ortho intramolecular Hbond substituents is 1. The van der Waals surface area contributed by atoms with Gasteiger partial charge in [0.1, 0.15) is 17.2 Å². The number of nitrogens with two attached hydrogens (primary N) is 1. The molecule has 30 heavy (non-hydrogen) atoms. The molecule has 9 heteroatoms. The van der Waals surface area contributed by atoms with E-state index in [0.29, 0.717) is 30.9 Å². The summed E-state index contributed by atoms with van der Waals surface area (Å²) in [5.74, 6) is -0.418. The highest BCUT2D eigenvalue weighted by Gasteiger charge is 2.55. The molecule has 4 N–H and O–H groups in total. The van der Waals surface area contributed by atoms with Crippen molar-refractivity contribution in [3.63, 3.8) is 0 Å². The number of hydrogen-bond acceptors (Lipinski definition) is 6. The minimum atomic E-state index is -4.55. The summed E-state index contributed by atoms with van der Waals surface area (Å²) in [6.07, 6.45) is 0.349. The summed E-state index contributed by atoms with van der Waals surface area (Å²) < 4.78 is 38.8. The number of alkyl halides is 3. The highest BCUT2D eigenvalue weighted by atomic mass is 19.4. The van der Waals surface area contributed by atoms with Crippen LogP contribution >= 0.6 is 0 Å². The summed E-state index contributed by atoms with van der Waals surface area (Å²) >= 11 is 0. The maximum atomic E-state index is 12.9. The van der Waals surface area contributed by atoms with Crippen LogP contribution in [0.3, 0.4) is 0 Å². The number of benzene rings is 1. The number of anilines is 1. The molecule has 0 amide bonds. The molecule has 4 rings (SSSR count). The van der Waals surface area contributed by atoms with Crippen molar-refractivity contribution in [2.75, 3.05) is 5.73 Å². The molecule has 0 saturated heterocycles. The van der Waals surface area contributed by atoms with Gasteiger partial charge in [-0.3, -0.25) is 0 Å². The maximum absolute atomic E-state index is 12.9. The molecular formula is C21H22F3N3O3. The quantitative estimate of drug-likeness (QED) is 0.508. The summed E-state index contributed by atoms with van der Waals surface area (Å²) in [7, 11) is 0. The Morgan fingerprint density at radius 2 is 1.90 bits per heavy atom. The van der Waals surface area contributed by atoms with Crippen molar-refractivity contribution in [3.8, 4) is 17.0 Å². The molecule has 2 saturated carbocycles. The third kappa shape index (κ3) is 3.69. The lowest BCUT2D eigenvalue weighted by molar-refractivity contribution is -0.137. The zero-order valence-corrected chi connectivity index (χ0v) is 16.3. The van der Waals surface area contributed by atoms with Gasteiger partial charge in [-0.1, -0.05) is 5.16 Å². The topological polar surface area (TPSA) is 101 Å². The average molecular weight is 421 g/mol. The first-order chi connectivity index (χ1) is 14.0. The lowest BCUT2D eigenvalue weighted by Crippen LogP contribution is -2.24. The Morgan fingerprint density at radius 1 is 1.20 bits per heavy atom. The van der Waals surface area contributed by atoms with E-state index in [4.69, 9.17) is 10.6 Å². The molecule has 2 aliphatic carbocycles. The van der Waals surface area contributed by atoms with Crippen molar-refractivity contribution in [2.45, 2.75) is 56.4 Å². The van der Waals surface area contributed by atoms with Crippen LogP contribution in [0, 0.1) is 6.92 Å². The second-order valence-electron chi connectivity index (χ2n) is 8.27. The molecule has 0 unspecified atom stereocenters. The zero-order chi connectivity index (χ0) is 21.7. The highest BCUT2D eigenvalue weighted by molar-refractivity contribution is 5.86. The number of nitrogens with zero attached hydrogens (tertiary/aromatic N) is 2. The van der Waals surface area contributed by atoms with E-state index in [-0.39, 0.29) is 22.6 Å². The van der Waals surface area contributed by atoms with Crippen LogP contribution in [0.4, 0.5) is 19.0 Å². The first-order valence-electron chi connectivity index (χ1n) is 9.62. The van der Waals surface area contributed by atoms with E-state index in [1.54, 1.807) is 12.1 Å². The standard InChI is InChI=1S/C21H22F3N3O3/c1-12-8-14(21(22,23)24)9-16(28)17(12)15-3-2-13(18(25)27-15)10-26-30-20-6-4-19(29,11-20)5-7-20/h2-3,8-10,28-29H,4-7,11H2,1H3,(H2,25,27)/b26-10+. The van der Waals surface area contributed by atoms with Gasteiger partial charge in [0.25, 0.3) is 0 Å². The van der Waals surface area contributed by atoms with Crippen LogP contribution in [0.1, 0.15) is 48.8 Å². The number of rotatable bonds is 4. The molecule has 0 aliphatic heterocycles. The molecule has 0 atom stereocenters. The number of pyridine rings is 1. The predicted octanol–water partition coefficient (Wildman–Crippen LogP) is 4.16. The van der Waals surface area contributed by atoms with E-state index >= 15 is 0 Å². The van der Waals surface area contributed by atoms with E-state index in [2.05, 4.69) is 10.1 Å². The third-order valence-corrected chi connectivity index (χ3v) is 6.04. The zero-order valence-electron chi connectivity index (χ0n) is 16.3. The molecule has 1 aromatic carbocycles. The van der Waals surface area contributed by atoms with Crippen LogP contribution < -0.4 is 5.73 Å². The molecule has 160 valence electrons. The fourth-order valence-corrected chi connectivity index (χ4v) is 4.44. The number of oxime groups is 1. The van der Waals surface area contributed by atoms with Crippen molar-refractivity contribution in [1.29, 1.82) is 0 Å². The van der Waals surface area contributed by atoms with Gasteiger partial charge in [-0.05, 0) is 62.4 Å². The summed E-state index contributed by atoms with van der Waals surface area (Å²) in [6, 6.07) is 4.79. The number of aromatic hydroxyl groups is 1. The van der Waals surface area contributed by atoms with Gasteiger partial charge in [-0.2, -0.15) is 13.2 Å². The molecule has 0 radical (unpaired) electrons. The molecule has 1 heterocycles. The Kier molecular flexibility index (Phi) is 4.68.